The Morgan fingerprint density at radius 2 is 2.00 bits per heavy atom. The number of aliphatic hydroxyl groups is 1. The highest BCUT2D eigenvalue weighted by Gasteiger charge is 2.16. The van der Waals surface area contributed by atoms with Crippen molar-refractivity contribution in [2.24, 2.45) is 0 Å². The molecule has 0 radical (unpaired) electrons. The lowest BCUT2D eigenvalue weighted by Crippen LogP contribution is -2.13. The van der Waals surface area contributed by atoms with Crippen LogP contribution in [0.4, 0.5) is 20.2 Å². The normalized spacial score (nSPS) is 12.0. The van der Waals surface area contributed by atoms with Crippen LogP contribution in [-0.4, -0.2) is 16.6 Å². The van der Waals surface area contributed by atoms with Gasteiger partial charge in [0.25, 0.3) is 5.69 Å². The monoisotopic (exact) mass is 328 g/mol. The number of hydrogen-bond donors (Lipinski definition) is 2. The predicted octanol–water partition coefficient (Wildman–Crippen LogP) is 3.67. The molecule has 22 heavy (non-hydrogen) atoms. The van der Waals surface area contributed by atoms with Gasteiger partial charge < -0.3 is 10.4 Å². The van der Waals surface area contributed by atoms with Crippen LogP contribution >= 0.6 is 11.6 Å². The zero-order valence-corrected chi connectivity index (χ0v) is 11.8. The molecule has 0 fully saturated rings. The quantitative estimate of drug-likeness (QED) is 0.648. The maximum absolute atomic E-state index is 13.3. The average Bonchev–Trinajstić information content (AvgIpc) is 2.48. The maximum Gasteiger partial charge on any atom is 0.295 e. The Morgan fingerprint density at radius 1 is 1.27 bits per heavy atom. The van der Waals surface area contributed by atoms with Gasteiger partial charge >= 0.3 is 0 Å². The smallest absolute Gasteiger partial charge is 0.295 e. The molecule has 0 amide bonds. The number of halogens is 3. The molecule has 8 heteroatoms. The fourth-order valence-corrected chi connectivity index (χ4v) is 1.97. The fourth-order valence-electron chi connectivity index (χ4n) is 1.85. The zero-order valence-electron chi connectivity index (χ0n) is 11.1. The largest absolute Gasteiger partial charge is 0.387 e. The van der Waals surface area contributed by atoms with E-state index in [9.17, 15) is 24.0 Å². The van der Waals surface area contributed by atoms with Crippen LogP contribution in [0.5, 0.6) is 0 Å². The van der Waals surface area contributed by atoms with E-state index in [1.165, 1.54) is 18.2 Å². The van der Waals surface area contributed by atoms with Gasteiger partial charge in [-0.05, 0) is 29.8 Å². The molecule has 0 saturated heterocycles. The van der Waals surface area contributed by atoms with Crippen LogP contribution in [0, 0.1) is 21.7 Å². The van der Waals surface area contributed by atoms with E-state index >= 15 is 0 Å². The molecular weight excluding hydrogens is 318 g/mol. The minimum absolute atomic E-state index is 0.0554. The predicted molar refractivity (Wildman–Crippen MR) is 77.9 cm³/mol. The topological polar surface area (TPSA) is 75.4 Å². The SMILES string of the molecule is O=[N+]([O-])c1cc(F)ccc1NCC(O)c1ccc(Cl)c(F)c1. The number of benzene rings is 2. The number of rotatable bonds is 5. The Hall–Kier alpha value is -2.25. The summed E-state index contributed by atoms with van der Waals surface area (Å²) in [5, 5.41) is 23.4. The lowest BCUT2D eigenvalue weighted by atomic mass is 10.1. The van der Waals surface area contributed by atoms with E-state index in [0.29, 0.717) is 0 Å². The minimum Gasteiger partial charge on any atom is -0.387 e. The van der Waals surface area contributed by atoms with Crippen LogP contribution in [0.15, 0.2) is 36.4 Å². The molecule has 2 N–H and O–H groups in total. The van der Waals surface area contributed by atoms with E-state index in [1.807, 2.05) is 0 Å². The van der Waals surface area contributed by atoms with Gasteiger partial charge in [-0.1, -0.05) is 17.7 Å². The van der Waals surface area contributed by atoms with Gasteiger partial charge in [-0.25, -0.2) is 8.78 Å². The molecule has 0 heterocycles. The molecule has 0 bridgehead atoms. The number of nitro benzene ring substituents is 1. The molecule has 1 unspecified atom stereocenters. The zero-order chi connectivity index (χ0) is 16.3. The van der Waals surface area contributed by atoms with Gasteiger partial charge in [-0.3, -0.25) is 10.1 Å². The first-order chi connectivity index (χ1) is 10.4. The Kier molecular flexibility index (Phi) is 4.89. The molecular formula is C14H11ClF2N2O3. The first kappa shape index (κ1) is 16.1. The highest BCUT2D eigenvalue weighted by atomic mass is 35.5. The number of aliphatic hydroxyl groups excluding tert-OH is 1. The average molecular weight is 329 g/mol. The molecule has 0 aliphatic carbocycles. The van der Waals surface area contributed by atoms with Gasteiger partial charge in [0.15, 0.2) is 0 Å². The van der Waals surface area contributed by atoms with Crippen molar-refractivity contribution in [1.82, 2.24) is 0 Å². The highest BCUT2D eigenvalue weighted by molar-refractivity contribution is 6.30. The number of hydrogen-bond acceptors (Lipinski definition) is 4. The van der Waals surface area contributed by atoms with Crippen LogP contribution < -0.4 is 5.32 Å². The number of nitrogens with zero attached hydrogens (tertiary/aromatic N) is 1. The minimum atomic E-state index is -1.11. The highest BCUT2D eigenvalue weighted by Crippen LogP contribution is 2.26. The lowest BCUT2D eigenvalue weighted by Gasteiger charge is -2.13. The summed E-state index contributed by atoms with van der Waals surface area (Å²) in [6, 6.07) is 6.85. The second kappa shape index (κ2) is 6.67. The van der Waals surface area contributed by atoms with Gasteiger partial charge in [-0.15, -0.1) is 0 Å². The van der Waals surface area contributed by atoms with Crippen molar-refractivity contribution in [3.05, 3.63) is 68.7 Å². The summed E-state index contributed by atoms with van der Waals surface area (Å²) in [6.07, 6.45) is -1.11. The van der Waals surface area contributed by atoms with Crippen molar-refractivity contribution >= 4 is 23.0 Å². The molecule has 1 atom stereocenters. The van der Waals surface area contributed by atoms with E-state index < -0.39 is 28.3 Å². The summed E-state index contributed by atoms with van der Waals surface area (Å²) in [5.74, 6) is -1.41. The molecule has 116 valence electrons. The van der Waals surface area contributed by atoms with Crippen molar-refractivity contribution in [2.75, 3.05) is 11.9 Å². The first-order valence-electron chi connectivity index (χ1n) is 6.19. The van der Waals surface area contributed by atoms with Crippen molar-refractivity contribution in [3.63, 3.8) is 0 Å². The summed E-state index contributed by atoms with van der Waals surface area (Å²) in [4.78, 5) is 10.1. The van der Waals surface area contributed by atoms with E-state index in [1.54, 1.807) is 0 Å². The van der Waals surface area contributed by atoms with Crippen LogP contribution in [-0.2, 0) is 0 Å². The van der Waals surface area contributed by atoms with Gasteiger partial charge in [0, 0.05) is 6.54 Å². The number of nitrogens with one attached hydrogen (secondary N) is 1. The van der Waals surface area contributed by atoms with Gasteiger partial charge in [0.05, 0.1) is 22.1 Å². The van der Waals surface area contributed by atoms with Crippen LogP contribution in [0.3, 0.4) is 0 Å². The number of nitro groups is 1. The van der Waals surface area contributed by atoms with E-state index in [0.717, 1.165) is 18.2 Å². The van der Waals surface area contributed by atoms with Gasteiger partial charge in [-0.2, -0.15) is 0 Å². The maximum atomic E-state index is 13.3. The van der Waals surface area contributed by atoms with Crippen LogP contribution in [0.2, 0.25) is 5.02 Å². The Morgan fingerprint density at radius 3 is 2.64 bits per heavy atom. The summed E-state index contributed by atoms with van der Waals surface area (Å²) in [5.41, 5.74) is -0.131. The van der Waals surface area contributed by atoms with Crippen molar-refractivity contribution in [3.8, 4) is 0 Å². The molecule has 0 aliphatic heterocycles. The van der Waals surface area contributed by atoms with Crippen molar-refractivity contribution < 1.29 is 18.8 Å². The molecule has 0 aliphatic rings. The molecule has 2 aromatic rings. The molecule has 5 nitrogen and oxygen atoms in total. The third-order valence-electron chi connectivity index (χ3n) is 2.97. The lowest BCUT2D eigenvalue weighted by molar-refractivity contribution is -0.384. The summed E-state index contributed by atoms with van der Waals surface area (Å²) in [6.45, 7) is -0.118. The van der Waals surface area contributed by atoms with Gasteiger partial charge in [0.2, 0.25) is 0 Å². The van der Waals surface area contributed by atoms with Crippen molar-refractivity contribution in [2.45, 2.75) is 6.10 Å². The molecule has 2 rings (SSSR count). The molecule has 2 aromatic carbocycles. The molecule has 0 aromatic heterocycles. The van der Waals surface area contributed by atoms with E-state index in [-0.39, 0.29) is 22.8 Å². The second-order valence-electron chi connectivity index (χ2n) is 4.49. The summed E-state index contributed by atoms with van der Waals surface area (Å²) < 4.78 is 26.3. The summed E-state index contributed by atoms with van der Waals surface area (Å²) >= 11 is 5.55. The third kappa shape index (κ3) is 3.69. The molecule has 0 spiro atoms. The Labute approximate surface area is 129 Å². The molecule has 0 saturated carbocycles. The summed E-state index contributed by atoms with van der Waals surface area (Å²) in [7, 11) is 0. The van der Waals surface area contributed by atoms with E-state index in [2.05, 4.69) is 5.32 Å². The van der Waals surface area contributed by atoms with E-state index in [4.69, 9.17) is 11.6 Å². The first-order valence-corrected chi connectivity index (χ1v) is 6.57. The standard InChI is InChI=1S/C14H11ClF2N2O3/c15-10-3-1-8(5-11(10)17)14(20)7-18-12-4-2-9(16)6-13(12)19(21)22/h1-6,14,18,20H,7H2. The Balaban J connectivity index is 2.12. The van der Waals surface area contributed by atoms with Crippen LogP contribution in [0.25, 0.3) is 0 Å². The van der Waals surface area contributed by atoms with Crippen LogP contribution in [0.1, 0.15) is 11.7 Å². The van der Waals surface area contributed by atoms with Gasteiger partial charge in [0.1, 0.15) is 17.3 Å². The Bertz CT molecular complexity index is 712. The fraction of sp³-hybridized carbons (Fsp3) is 0.143. The van der Waals surface area contributed by atoms with Crippen molar-refractivity contribution in [1.29, 1.82) is 0 Å². The second-order valence-corrected chi connectivity index (χ2v) is 4.90. The number of anilines is 1. The third-order valence-corrected chi connectivity index (χ3v) is 3.28.